The Labute approximate surface area is 109 Å². The zero-order valence-corrected chi connectivity index (χ0v) is 11.7. The molecule has 0 bridgehead atoms. The molecule has 4 heteroatoms. The van der Waals surface area contributed by atoms with E-state index in [0.29, 0.717) is 0 Å². The number of hydrogen-bond acceptors (Lipinski definition) is 3. The van der Waals surface area contributed by atoms with Gasteiger partial charge < -0.3 is 4.74 Å². The van der Waals surface area contributed by atoms with Crippen LogP contribution in [0.25, 0.3) is 0 Å². The highest BCUT2D eigenvalue weighted by molar-refractivity contribution is 5.78. The number of esters is 1. The summed E-state index contributed by atoms with van der Waals surface area (Å²) in [7, 11) is 1.41. The number of carbonyl (C=O) groups is 1. The minimum absolute atomic E-state index is 0.216. The molecule has 0 aliphatic heterocycles. The molecular weight excluding hydrogens is 228 g/mol. The summed E-state index contributed by atoms with van der Waals surface area (Å²) in [6, 6.07) is 0. The number of hydrogen-bond donors (Lipinski definition) is 0. The van der Waals surface area contributed by atoms with Crippen LogP contribution in [0.4, 0.5) is 0 Å². The lowest BCUT2D eigenvalue weighted by molar-refractivity contribution is -0.142. The SMILES string of the molecule is C=CCCCn1nc(C)c([C@@H](C)C(=O)OC)c1C. The molecule has 0 fully saturated rings. The number of aromatic nitrogens is 2. The third-order valence-corrected chi connectivity index (χ3v) is 3.20. The van der Waals surface area contributed by atoms with E-state index < -0.39 is 0 Å². The van der Waals surface area contributed by atoms with E-state index in [0.717, 1.165) is 36.3 Å². The smallest absolute Gasteiger partial charge is 0.312 e. The van der Waals surface area contributed by atoms with Crippen molar-refractivity contribution in [2.45, 2.75) is 46.1 Å². The van der Waals surface area contributed by atoms with Gasteiger partial charge in [0, 0.05) is 17.8 Å². The third kappa shape index (κ3) is 3.00. The molecule has 100 valence electrons. The number of unbranched alkanes of at least 4 members (excludes halogenated alkanes) is 1. The van der Waals surface area contributed by atoms with E-state index in [1.807, 2.05) is 31.5 Å². The van der Waals surface area contributed by atoms with Crippen LogP contribution in [0, 0.1) is 13.8 Å². The number of methoxy groups -OCH3 is 1. The molecule has 0 saturated carbocycles. The van der Waals surface area contributed by atoms with Crippen molar-refractivity contribution >= 4 is 5.97 Å². The molecule has 4 nitrogen and oxygen atoms in total. The second-order valence-electron chi connectivity index (χ2n) is 4.48. The Balaban J connectivity index is 2.93. The highest BCUT2D eigenvalue weighted by atomic mass is 16.5. The zero-order valence-electron chi connectivity index (χ0n) is 11.7. The van der Waals surface area contributed by atoms with E-state index >= 15 is 0 Å². The van der Waals surface area contributed by atoms with E-state index in [9.17, 15) is 4.79 Å². The van der Waals surface area contributed by atoms with Gasteiger partial charge in [-0.2, -0.15) is 5.10 Å². The van der Waals surface area contributed by atoms with Gasteiger partial charge in [-0.3, -0.25) is 9.48 Å². The van der Waals surface area contributed by atoms with Crippen LogP contribution in [-0.4, -0.2) is 22.9 Å². The minimum atomic E-state index is -0.261. The van der Waals surface area contributed by atoms with Gasteiger partial charge in [-0.25, -0.2) is 0 Å². The molecule has 0 radical (unpaired) electrons. The first-order valence-electron chi connectivity index (χ1n) is 6.25. The van der Waals surface area contributed by atoms with Crippen LogP contribution in [0.3, 0.4) is 0 Å². The summed E-state index contributed by atoms with van der Waals surface area (Å²) in [5, 5.41) is 4.49. The molecule has 18 heavy (non-hydrogen) atoms. The highest BCUT2D eigenvalue weighted by Gasteiger charge is 2.23. The Bertz CT molecular complexity index is 435. The molecule has 1 rings (SSSR count). The predicted molar refractivity (Wildman–Crippen MR) is 71.6 cm³/mol. The lowest BCUT2D eigenvalue weighted by Crippen LogP contribution is -2.12. The number of aryl methyl sites for hydroxylation is 2. The number of rotatable bonds is 6. The first-order chi connectivity index (χ1) is 8.52. The average Bonchev–Trinajstić information content (AvgIpc) is 2.63. The summed E-state index contributed by atoms with van der Waals surface area (Å²) < 4.78 is 6.76. The molecule has 0 aromatic carbocycles. The molecule has 0 aliphatic rings. The lowest BCUT2D eigenvalue weighted by Gasteiger charge is -2.10. The first-order valence-corrected chi connectivity index (χ1v) is 6.25. The normalized spacial score (nSPS) is 12.2. The molecule has 0 N–H and O–H groups in total. The maximum atomic E-state index is 11.6. The number of ether oxygens (including phenoxy) is 1. The summed E-state index contributed by atoms with van der Waals surface area (Å²) in [6.45, 7) is 10.4. The Hall–Kier alpha value is -1.58. The van der Waals surface area contributed by atoms with Gasteiger partial charge in [0.1, 0.15) is 0 Å². The van der Waals surface area contributed by atoms with Crippen LogP contribution in [0.1, 0.15) is 42.6 Å². The standard InChI is InChI=1S/C14H22N2O2/c1-6-7-8-9-16-12(4)13(11(3)15-16)10(2)14(17)18-5/h6,10H,1,7-9H2,2-5H3/t10-/m1/s1. The van der Waals surface area contributed by atoms with Crippen molar-refractivity contribution in [1.29, 1.82) is 0 Å². The van der Waals surface area contributed by atoms with E-state index in [1.165, 1.54) is 7.11 Å². The van der Waals surface area contributed by atoms with Gasteiger partial charge >= 0.3 is 5.97 Å². The molecule has 1 aromatic heterocycles. The fourth-order valence-electron chi connectivity index (χ4n) is 2.24. The van der Waals surface area contributed by atoms with Crippen molar-refractivity contribution in [3.63, 3.8) is 0 Å². The quantitative estimate of drug-likeness (QED) is 0.443. The lowest BCUT2D eigenvalue weighted by atomic mass is 9.99. The molecule has 0 unspecified atom stereocenters. The van der Waals surface area contributed by atoms with E-state index in [2.05, 4.69) is 11.7 Å². The molecular formula is C14H22N2O2. The van der Waals surface area contributed by atoms with Gasteiger partial charge in [0.15, 0.2) is 0 Å². The molecule has 0 aliphatic carbocycles. The summed E-state index contributed by atoms with van der Waals surface area (Å²) >= 11 is 0. The van der Waals surface area contributed by atoms with Crippen molar-refractivity contribution in [3.8, 4) is 0 Å². The first kappa shape index (κ1) is 14.5. The number of nitrogens with zero attached hydrogens (tertiary/aromatic N) is 2. The minimum Gasteiger partial charge on any atom is -0.469 e. The second-order valence-corrected chi connectivity index (χ2v) is 4.48. The zero-order chi connectivity index (χ0) is 13.7. The van der Waals surface area contributed by atoms with E-state index in [4.69, 9.17) is 4.74 Å². The topological polar surface area (TPSA) is 44.1 Å². The summed E-state index contributed by atoms with van der Waals surface area (Å²) in [5.74, 6) is -0.477. The van der Waals surface area contributed by atoms with Crippen molar-refractivity contribution in [2.24, 2.45) is 0 Å². The van der Waals surface area contributed by atoms with Crippen LogP contribution < -0.4 is 0 Å². The van der Waals surface area contributed by atoms with Gasteiger partial charge in [0.2, 0.25) is 0 Å². The van der Waals surface area contributed by atoms with Crippen molar-refractivity contribution < 1.29 is 9.53 Å². The van der Waals surface area contributed by atoms with Gasteiger partial charge in [-0.05, 0) is 33.6 Å². The van der Waals surface area contributed by atoms with E-state index in [-0.39, 0.29) is 11.9 Å². The second kappa shape index (κ2) is 6.38. The van der Waals surface area contributed by atoms with Crippen LogP contribution in [-0.2, 0) is 16.1 Å². The Morgan fingerprint density at radius 1 is 1.56 bits per heavy atom. The Morgan fingerprint density at radius 2 is 2.22 bits per heavy atom. The van der Waals surface area contributed by atoms with Crippen molar-refractivity contribution in [3.05, 3.63) is 29.6 Å². The number of allylic oxidation sites excluding steroid dienone is 1. The number of carbonyl (C=O) groups excluding carboxylic acids is 1. The molecule has 1 heterocycles. The molecule has 0 amide bonds. The maximum absolute atomic E-state index is 11.6. The molecule has 1 aromatic rings. The van der Waals surface area contributed by atoms with Gasteiger partial charge in [-0.15, -0.1) is 6.58 Å². The largest absolute Gasteiger partial charge is 0.469 e. The summed E-state index contributed by atoms with van der Waals surface area (Å²) in [5.41, 5.74) is 2.94. The van der Waals surface area contributed by atoms with Crippen molar-refractivity contribution in [1.82, 2.24) is 9.78 Å². The van der Waals surface area contributed by atoms with Crippen LogP contribution in [0.5, 0.6) is 0 Å². The van der Waals surface area contributed by atoms with Gasteiger partial charge in [0.05, 0.1) is 18.7 Å². The summed E-state index contributed by atoms with van der Waals surface area (Å²) in [6.07, 6.45) is 3.89. The van der Waals surface area contributed by atoms with Crippen LogP contribution in [0.15, 0.2) is 12.7 Å². The third-order valence-electron chi connectivity index (χ3n) is 3.20. The monoisotopic (exact) mass is 250 g/mol. The highest BCUT2D eigenvalue weighted by Crippen LogP contribution is 2.24. The molecule has 0 saturated heterocycles. The average molecular weight is 250 g/mol. The molecule has 1 atom stereocenters. The fraction of sp³-hybridized carbons (Fsp3) is 0.571. The summed E-state index contributed by atoms with van der Waals surface area (Å²) in [4.78, 5) is 11.6. The van der Waals surface area contributed by atoms with Crippen LogP contribution >= 0.6 is 0 Å². The van der Waals surface area contributed by atoms with Gasteiger partial charge in [0.25, 0.3) is 0 Å². The Morgan fingerprint density at radius 3 is 2.78 bits per heavy atom. The maximum Gasteiger partial charge on any atom is 0.312 e. The van der Waals surface area contributed by atoms with Gasteiger partial charge in [-0.1, -0.05) is 6.08 Å². The Kier molecular flexibility index (Phi) is 5.13. The van der Waals surface area contributed by atoms with E-state index in [1.54, 1.807) is 0 Å². The van der Waals surface area contributed by atoms with Crippen molar-refractivity contribution in [2.75, 3.05) is 7.11 Å². The molecule has 0 spiro atoms. The predicted octanol–water partition coefficient (Wildman–Crippen LogP) is 2.74. The van der Waals surface area contributed by atoms with Crippen LogP contribution in [0.2, 0.25) is 0 Å². The fourth-order valence-corrected chi connectivity index (χ4v) is 2.24.